The molecule has 2 aliphatic rings. The lowest BCUT2D eigenvalue weighted by Crippen LogP contribution is -2.39. The van der Waals surface area contributed by atoms with Crippen molar-refractivity contribution >= 4 is 24.8 Å². The molecule has 2 fully saturated rings. The van der Waals surface area contributed by atoms with Crippen LogP contribution < -0.4 is 11.1 Å². The molecule has 0 atom stereocenters. The van der Waals surface area contributed by atoms with Gasteiger partial charge in [0.15, 0.2) is 0 Å². The monoisotopic (exact) mass is 282 g/mol. The van der Waals surface area contributed by atoms with Gasteiger partial charge < -0.3 is 11.1 Å². The van der Waals surface area contributed by atoms with Crippen molar-refractivity contribution in [1.29, 1.82) is 0 Å². The molecule has 0 radical (unpaired) electrons. The van der Waals surface area contributed by atoms with E-state index < -0.39 is 0 Å². The fourth-order valence-electron chi connectivity index (χ4n) is 3.05. The van der Waals surface area contributed by atoms with Gasteiger partial charge in [-0.25, -0.2) is 0 Å². The van der Waals surface area contributed by atoms with Crippen molar-refractivity contribution in [3.63, 3.8) is 0 Å². The molecule has 3 N–H and O–H groups in total. The highest BCUT2D eigenvalue weighted by molar-refractivity contribution is 5.85. The van der Waals surface area contributed by atoms with Crippen molar-refractivity contribution in [2.75, 3.05) is 6.54 Å². The SMILES string of the molecule is Cl.Cl.NC1CCC(NCC2CCCCC2)CC1. The molecule has 104 valence electrons. The van der Waals surface area contributed by atoms with E-state index in [1.807, 2.05) is 0 Å². The Morgan fingerprint density at radius 1 is 0.824 bits per heavy atom. The van der Waals surface area contributed by atoms with Gasteiger partial charge in [0.05, 0.1) is 0 Å². The molecule has 0 heterocycles. The van der Waals surface area contributed by atoms with E-state index in [2.05, 4.69) is 5.32 Å². The number of nitrogens with two attached hydrogens (primary N) is 1. The second kappa shape index (κ2) is 9.43. The van der Waals surface area contributed by atoms with Crippen LogP contribution in [0.2, 0.25) is 0 Å². The Bertz CT molecular complexity index is 176. The van der Waals surface area contributed by atoms with Crippen molar-refractivity contribution in [2.45, 2.75) is 69.9 Å². The average Bonchev–Trinajstić information content (AvgIpc) is 2.30. The first-order valence-electron chi connectivity index (χ1n) is 6.83. The number of nitrogens with one attached hydrogen (secondary N) is 1. The lowest BCUT2D eigenvalue weighted by molar-refractivity contribution is 0.290. The maximum Gasteiger partial charge on any atom is 0.00683 e. The minimum atomic E-state index is 0. The van der Waals surface area contributed by atoms with Gasteiger partial charge in [-0.1, -0.05) is 19.3 Å². The number of halogens is 2. The zero-order valence-corrected chi connectivity index (χ0v) is 12.3. The van der Waals surface area contributed by atoms with E-state index in [1.54, 1.807) is 0 Å². The molecule has 0 amide bonds. The van der Waals surface area contributed by atoms with Gasteiger partial charge in [-0.15, -0.1) is 24.8 Å². The Labute approximate surface area is 118 Å². The van der Waals surface area contributed by atoms with Gasteiger partial charge in [-0.2, -0.15) is 0 Å². The molecule has 0 aromatic rings. The minimum absolute atomic E-state index is 0. The van der Waals surface area contributed by atoms with Gasteiger partial charge in [0.2, 0.25) is 0 Å². The van der Waals surface area contributed by atoms with Gasteiger partial charge in [-0.3, -0.25) is 0 Å². The van der Waals surface area contributed by atoms with Crippen LogP contribution in [0.25, 0.3) is 0 Å². The number of hydrogen-bond acceptors (Lipinski definition) is 2. The third-order valence-electron chi connectivity index (χ3n) is 4.19. The topological polar surface area (TPSA) is 38.0 Å². The molecule has 0 unspecified atom stereocenters. The van der Waals surface area contributed by atoms with Crippen LogP contribution in [0.15, 0.2) is 0 Å². The zero-order valence-electron chi connectivity index (χ0n) is 10.7. The fraction of sp³-hybridized carbons (Fsp3) is 1.00. The summed E-state index contributed by atoms with van der Waals surface area (Å²) >= 11 is 0. The molecule has 17 heavy (non-hydrogen) atoms. The summed E-state index contributed by atoms with van der Waals surface area (Å²) in [5, 5.41) is 3.76. The van der Waals surface area contributed by atoms with E-state index in [-0.39, 0.29) is 24.8 Å². The van der Waals surface area contributed by atoms with Crippen molar-refractivity contribution in [1.82, 2.24) is 5.32 Å². The minimum Gasteiger partial charge on any atom is -0.328 e. The fourth-order valence-corrected chi connectivity index (χ4v) is 3.05. The second-order valence-corrected chi connectivity index (χ2v) is 5.52. The van der Waals surface area contributed by atoms with Crippen LogP contribution in [0, 0.1) is 5.92 Å². The number of rotatable bonds is 3. The van der Waals surface area contributed by atoms with Crippen molar-refractivity contribution in [3.05, 3.63) is 0 Å². The Morgan fingerprint density at radius 3 is 2.00 bits per heavy atom. The summed E-state index contributed by atoms with van der Waals surface area (Å²) in [6, 6.07) is 1.25. The Balaban J connectivity index is 0.00000128. The lowest BCUT2D eigenvalue weighted by atomic mass is 9.88. The van der Waals surface area contributed by atoms with Gasteiger partial charge in [0, 0.05) is 12.1 Å². The maximum absolute atomic E-state index is 5.91. The molecule has 2 saturated carbocycles. The predicted molar refractivity (Wildman–Crippen MR) is 79.3 cm³/mol. The summed E-state index contributed by atoms with van der Waals surface area (Å²) in [4.78, 5) is 0. The molecule has 0 aromatic heterocycles. The zero-order chi connectivity index (χ0) is 10.5. The quantitative estimate of drug-likeness (QED) is 0.834. The molecule has 0 aliphatic heterocycles. The summed E-state index contributed by atoms with van der Waals surface area (Å²) in [5.74, 6) is 0.967. The first kappa shape index (κ1) is 17.5. The highest BCUT2D eigenvalue weighted by Gasteiger charge is 2.19. The Hall–Kier alpha value is 0.500. The smallest absolute Gasteiger partial charge is 0.00683 e. The molecule has 2 rings (SSSR count). The Kier molecular flexibility index (Phi) is 9.71. The predicted octanol–water partition coefficient (Wildman–Crippen LogP) is 3.27. The number of hydrogen-bond donors (Lipinski definition) is 2. The van der Waals surface area contributed by atoms with Gasteiger partial charge in [0.25, 0.3) is 0 Å². The van der Waals surface area contributed by atoms with Gasteiger partial charge in [0.1, 0.15) is 0 Å². The second-order valence-electron chi connectivity index (χ2n) is 5.52. The van der Waals surface area contributed by atoms with E-state index in [1.165, 1.54) is 64.3 Å². The van der Waals surface area contributed by atoms with Crippen molar-refractivity contribution in [3.8, 4) is 0 Å². The standard InChI is InChI=1S/C13H26N2.2ClH/c14-12-6-8-13(9-7-12)15-10-11-4-2-1-3-5-11;;/h11-13,15H,1-10,14H2;2*1H. The van der Waals surface area contributed by atoms with E-state index in [0.29, 0.717) is 6.04 Å². The van der Waals surface area contributed by atoms with Crippen molar-refractivity contribution < 1.29 is 0 Å². The molecular formula is C13H28Cl2N2. The van der Waals surface area contributed by atoms with E-state index in [4.69, 9.17) is 5.73 Å². The Morgan fingerprint density at radius 2 is 1.41 bits per heavy atom. The summed E-state index contributed by atoms with van der Waals surface area (Å²) in [5.41, 5.74) is 5.91. The van der Waals surface area contributed by atoms with E-state index in [9.17, 15) is 0 Å². The highest BCUT2D eigenvalue weighted by atomic mass is 35.5. The molecule has 0 aromatic carbocycles. The summed E-state index contributed by atoms with van der Waals surface area (Å²) in [7, 11) is 0. The summed E-state index contributed by atoms with van der Waals surface area (Å²) in [6.45, 7) is 1.26. The van der Waals surface area contributed by atoms with E-state index >= 15 is 0 Å². The van der Waals surface area contributed by atoms with Gasteiger partial charge in [-0.05, 0) is 51.0 Å². The highest BCUT2D eigenvalue weighted by Crippen LogP contribution is 2.24. The molecule has 2 nitrogen and oxygen atoms in total. The summed E-state index contributed by atoms with van der Waals surface area (Å²) in [6.07, 6.45) is 12.4. The molecule has 2 aliphatic carbocycles. The average molecular weight is 283 g/mol. The molecule has 0 bridgehead atoms. The molecule has 0 saturated heterocycles. The van der Waals surface area contributed by atoms with Crippen LogP contribution in [0.1, 0.15) is 57.8 Å². The molecule has 0 spiro atoms. The van der Waals surface area contributed by atoms with Crippen LogP contribution in [0.4, 0.5) is 0 Å². The van der Waals surface area contributed by atoms with Crippen LogP contribution >= 0.6 is 24.8 Å². The van der Waals surface area contributed by atoms with Crippen LogP contribution in [-0.4, -0.2) is 18.6 Å². The van der Waals surface area contributed by atoms with Crippen LogP contribution in [-0.2, 0) is 0 Å². The summed E-state index contributed by atoms with van der Waals surface area (Å²) < 4.78 is 0. The third-order valence-corrected chi connectivity index (χ3v) is 4.19. The van der Waals surface area contributed by atoms with Crippen molar-refractivity contribution in [2.24, 2.45) is 11.7 Å². The lowest BCUT2D eigenvalue weighted by Gasteiger charge is -2.29. The molecule has 4 heteroatoms. The van der Waals surface area contributed by atoms with Gasteiger partial charge >= 0.3 is 0 Å². The van der Waals surface area contributed by atoms with E-state index in [0.717, 1.165) is 12.0 Å². The normalized spacial score (nSPS) is 30.2. The first-order chi connectivity index (χ1) is 7.34. The van der Waals surface area contributed by atoms with Crippen LogP contribution in [0.3, 0.4) is 0 Å². The third kappa shape index (κ3) is 6.28. The maximum atomic E-state index is 5.91. The first-order valence-corrected chi connectivity index (χ1v) is 6.83. The molecular weight excluding hydrogens is 255 g/mol. The van der Waals surface area contributed by atoms with Crippen LogP contribution in [0.5, 0.6) is 0 Å². The largest absolute Gasteiger partial charge is 0.328 e.